The van der Waals surface area contributed by atoms with E-state index in [1.54, 1.807) is 30.1 Å². The van der Waals surface area contributed by atoms with E-state index in [0.29, 0.717) is 27.8 Å². The van der Waals surface area contributed by atoms with Gasteiger partial charge >= 0.3 is 0 Å². The molecule has 0 fully saturated rings. The first-order valence-corrected chi connectivity index (χ1v) is 13.3. The van der Waals surface area contributed by atoms with Crippen LogP contribution < -0.4 is 5.32 Å². The third-order valence-electron chi connectivity index (χ3n) is 5.68. The highest BCUT2D eigenvalue weighted by Gasteiger charge is 2.30. The summed E-state index contributed by atoms with van der Waals surface area (Å²) in [5.41, 5.74) is 5.17. The molecule has 3 aromatic carbocycles. The number of carbonyl (C=O) groups is 2. The molecular weight excluding hydrogens is 499 g/mol. The Morgan fingerprint density at radius 1 is 0.914 bits per heavy atom. The molecule has 0 aromatic heterocycles. The van der Waals surface area contributed by atoms with E-state index < -0.39 is 6.04 Å². The maximum atomic E-state index is 13.6. The minimum atomic E-state index is -0.705. The first kappa shape index (κ1) is 27.1. The largest absolute Gasteiger partial charge is 0.357 e. The lowest BCUT2D eigenvalue weighted by molar-refractivity contribution is -0.139. The van der Waals surface area contributed by atoms with E-state index in [1.807, 2.05) is 30.3 Å². The van der Waals surface area contributed by atoms with Crippen molar-refractivity contribution in [1.29, 1.82) is 0 Å². The summed E-state index contributed by atoms with van der Waals surface area (Å²) < 4.78 is 0. The van der Waals surface area contributed by atoms with Gasteiger partial charge in [-0.25, -0.2) is 0 Å². The van der Waals surface area contributed by atoms with Gasteiger partial charge in [0, 0.05) is 41.4 Å². The van der Waals surface area contributed by atoms with Crippen molar-refractivity contribution in [2.45, 2.75) is 38.6 Å². The van der Waals surface area contributed by atoms with Crippen LogP contribution in [-0.2, 0) is 28.3 Å². The highest BCUT2D eigenvalue weighted by Crippen LogP contribution is 2.28. The summed E-state index contributed by atoms with van der Waals surface area (Å²) >= 11 is 14.4. The van der Waals surface area contributed by atoms with Gasteiger partial charge in [0.05, 0.1) is 5.75 Å². The molecule has 0 aliphatic heterocycles. The summed E-state index contributed by atoms with van der Waals surface area (Å²) in [5, 5.41) is 3.66. The minimum Gasteiger partial charge on any atom is -0.357 e. The topological polar surface area (TPSA) is 49.4 Å². The molecule has 0 unspecified atom stereocenters. The molecule has 184 valence electrons. The van der Waals surface area contributed by atoms with Gasteiger partial charge in [-0.15, -0.1) is 11.8 Å². The van der Waals surface area contributed by atoms with Gasteiger partial charge in [-0.2, -0.15) is 0 Å². The van der Waals surface area contributed by atoms with Crippen LogP contribution in [-0.4, -0.2) is 35.6 Å². The maximum absolute atomic E-state index is 13.6. The monoisotopic (exact) mass is 528 g/mol. The number of carbonyl (C=O) groups excluding carboxylic acids is 2. The second kappa shape index (κ2) is 13.0. The quantitative estimate of drug-likeness (QED) is 0.339. The summed E-state index contributed by atoms with van der Waals surface area (Å²) in [5.74, 6) is 0.569. The fourth-order valence-corrected chi connectivity index (χ4v) is 5.43. The molecule has 0 spiro atoms. The number of hydrogen-bond donors (Lipinski definition) is 1. The normalized spacial score (nSPS) is 11.7. The standard InChI is InChI=1S/C28H30Cl2N2O2S/c1-19-12-20(2)14-22(13-19)17-35-18-27(33)32(16-23-24(29)10-7-11-25(23)30)26(28(34)31-3)15-21-8-5-4-6-9-21/h4-14,26H,15-18H2,1-3H3,(H,31,34)/t26-/m0/s1. The Kier molecular flexibility index (Phi) is 10.1. The van der Waals surface area contributed by atoms with E-state index in [9.17, 15) is 9.59 Å². The number of benzene rings is 3. The Hall–Kier alpha value is -2.47. The van der Waals surface area contributed by atoms with E-state index >= 15 is 0 Å². The second-order valence-corrected chi connectivity index (χ2v) is 10.3. The van der Waals surface area contributed by atoms with Crippen LogP contribution in [0.1, 0.15) is 27.8 Å². The van der Waals surface area contributed by atoms with Crippen LogP contribution in [0.15, 0.2) is 66.7 Å². The summed E-state index contributed by atoms with van der Waals surface area (Å²) in [6.45, 7) is 4.28. The molecule has 0 saturated heterocycles. The molecule has 3 rings (SSSR count). The van der Waals surface area contributed by atoms with Gasteiger partial charge in [0.1, 0.15) is 6.04 Å². The number of likely N-dealkylation sites (N-methyl/N-ethyl adjacent to an activating group) is 1. The predicted octanol–water partition coefficient (Wildman–Crippen LogP) is 6.23. The van der Waals surface area contributed by atoms with Crippen molar-refractivity contribution in [3.05, 3.63) is 105 Å². The van der Waals surface area contributed by atoms with Crippen LogP contribution in [0.4, 0.5) is 0 Å². The van der Waals surface area contributed by atoms with E-state index in [1.165, 1.54) is 28.5 Å². The molecule has 0 bridgehead atoms. The van der Waals surface area contributed by atoms with Crippen molar-refractivity contribution in [3.8, 4) is 0 Å². The van der Waals surface area contributed by atoms with Crippen molar-refractivity contribution >= 4 is 46.8 Å². The van der Waals surface area contributed by atoms with Crippen LogP contribution in [0.5, 0.6) is 0 Å². The molecule has 1 N–H and O–H groups in total. The van der Waals surface area contributed by atoms with Crippen molar-refractivity contribution in [1.82, 2.24) is 10.2 Å². The van der Waals surface area contributed by atoms with Gasteiger partial charge in [-0.05, 0) is 37.1 Å². The van der Waals surface area contributed by atoms with Crippen molar-refractivity contribution in [2.75, 3.05) is 12.8 Å². The van der Waals surface area contributed by atoms with Gasteiger partial charge in [0.2, 0.25) is 11.8 Å². The first-order chi connectivity index (χ1) is 16.8. The molecule has 0 heterocycles. The summed E-state index contributed by atoms with van der Waals surface area (Å²) in [6.07, 6.45) is 0.385. The molecule has 35 heavy (non-hydrogen) atoms. The van der Waals surface area contributed by atoms with E-state index in [-0.39, 0.29) is 24.1 Å². The number of nitrogens with one attached hydrogen (secondary N) is 1. The number of halogens is 2. The van der Waals surface area contributed by atoms with Crippen LogP contribution >= 0.6 is 35.0 Å². The Morgan fingerprint density at radius 2 is 1.54 bits per heavy atom. The average Bonchev–Trinajstić information content (AvgIpc) is 2.82. The molecular formula is C28H30Cl2N2O2S. The number of rotatable bonds is 10. The number of thioether (sulfide) groups is 1. The molecule has 0 aliphatic carbocycles. The lowest BCUT2D eigenvalue weighted by atomic mass is 10.0. The molecule has 3 aromatic rings. The smallest absolute Gasteiger partial charge is 0.242 e. The average molecular weight is 530 g/mol. The van der Waals surface area contributed by atoms with Crippen LogP contribution in [0, 0.1) is 13.8 Å². The molecule has 7 heteroatoms. The Labute approximate surface area is 222 Å². The summed E-state index contributed by atoms with van der Waals surface area (Å²) in [6, 6.07) is 20.6. The molecule has 1 atom stereocenters. The van der Waals surface area contributed by atoms with E-state index in [4.69, 9.17) is 23.2 Å². The minimum absolute atomic E-state index is 0.139. The number of amides is 2. The Balaban J connectivity index is 1.86. The molecule has 4 nitrogen and oxygen atoms in total. The zero-order valence-corrected chi connectivity index (χ0v) is 22.5. The third-order valence-corrected chi connectivity index (χ3v) is 7.38. The van der Waals surface area contributed by atoms with Gasteiger partial charge < -0.3 is 10.2 Å². The zero-order chi connectivity index (χ0) is 25.4. The predicted molar refractivity (Wildman–Crippen MR) is 147 cm³/mol. The van der Waals surface area contributed by atoms with Gasteiger partial charge in [-0.1, -0.05) is 88.9 Å². The van der Waals surface area contributed by atoms with Crippen LogP contribution in [0.3, 0.4) is 0 Å². The molecule has 0 radical (unpaired) electrons. The molecule has 0 aliphatic rings. The number of hydrogen-bond acceptors (Lipinski definition) is 3. The fraction of sp³-hybridized carbons (Fsp3) is 0.286. The first-order valence-electron chi connectivity index (χ1n) is 11.4. The highest BCUT2D eigenvalue weighted by molar-refractivity contribution is 7.99. The van der Waals surface area contributed by atoms with Crippen molar-refractivity contribution in [3.63, 3.8) is 0 Å². The fourth-order valence-electron chi connectivity index (χ4n) is 4.07. The number of nitrogens with zero attached hydrogens (tertiary/aromatic N) is 1. The van der Waals surface area contributed by atoms with Crippen LogP contribution in [0.25, 0.3) is 0 Å². The van der Waals surface area contributed by atoms with Crippen molar-refractivity contribution in [2.24, 2.45) is 0 Å². The van der Waals surface area contributed by atoms with E-state index in [2.05, 4.69) is 37.4 Å². The third kappa shape index (κ3) is 7.76. The second-order valence-electron chi connectivity index (χ2n) is 8.53. The lowest BCUT2D eigenvalue weighted by Gasteiger charge is -2.31. The highest BCUT2D eigenvalue weighted by atomic mass is 35.5. The molecule has 0 saturated carbocycles. The number of aryl methyl sites for hydroxylation is 2. The van der Waals surface area contributed by atoms with Gasteiger partial charge in [-0.3, -0.25) is 9.59 Å². The maximum Gasteiger partial charge on any atom is 0.242 e. The van der Waals surface area contributed by atoms with Crippen molar-refractivity contribution < 1.29 is 9.59 Å². The van der Waals surface area contributed by atoms with E-state index in [0.717, 1.165) is 5.56 Å². The van der Waals surface area contributed by atoms with Crippen LogP contribution in [0.2, 0.25) is 10.0 Å². The zero-order valence-electron chi connectivity index (χ0n) is 20.2. The Morgan fingerprint density at radius 3 is 2.14 bits per heavy atom. The summed E-state index contributed by atoms with van der Waals surface area (Å²) in [7, 11) is 1.58. The Bertz CT molecular complexity index is 1130. The lowest BCUT2D eigenvalue weighted by Crippen LogP contribution is -2.50. The SMILES string of the molecule is CNC(=O)[C@H](Cc1ccccc1)N(Cc1c(Cl)cccc1Cl)C(=O)CSCc1cc(C)cc(C)c1. The van der Waals surface area contributed by atoms with Gasteiger partial charge in [0.15, 0.2) is 0 Å². The summed E-state index contributed by atoms with van der Waals surface area (Å²) in [4.78, 5) is 28.2. The van der Waals surface area contributed by atoms with Gasteiger partial charge in [0.25, 0.3) is 0 Å². The molecule has 2 amide bonds.